The normalized spacial score (nSPS) is 11.4. The molecular weight excluding hydrogens is 313 g/mol. The maximum Gasteiger partial charge on any atom is 0.254 e. The molecule has 0 bridgehead atoms. The van der Waals surface area contributed by atoms with Gasteiger partial charge in [-0.3, -0.25) is 4.79 Å². The molecule has 3 nitrogen and oxygen atoms in total. The number of carbonyl (C=O) groups excluding carboxylic acids is 1. The van der Waals surface area contributed by atoms with Crippen LogP contribution in [0.1, 0.15) is 37.0 Å². The van der Waals surface area contributed by atoms with Gasteiger partial charge in [0.2, 0.25) is 0 Å². The fraction of sp³-hybridized carbons (Fsp3) is 0.500. The zero-order valence-corrected chi connectivity index (χ0v) is 12.8. The molecule has 0 saturated heterocycles. The third-order valence-electron chi connectivity index (χ3n) is 3.64. The van der Waals surface area contributed by atoms with Gasteiger partial charge in [0.25, 0.3) is 5.91 Å². The van der Waals surface area contributed by atoms with Crippen molar-refractivity contribution in [3.05, 3.63) is 34.1 Å². The molecule has 0 radical (unpaired) electrons. The second kappa shape index (κ2) is 7.01. The zero-order valence-electron chi connectivity index (χ0n) is 11.2. The van der Waals surface area contributed by atoms with Crippen molar-refractivity contribution in [2.75, 3.05) is 13.2 Å². The Kier molecular flexibility index (Phi) is 5.94. The van der Waals surface area contributed by atoms with Crippen LogP contribution in [-0.4, -0.2) is 24.2 Å². The van der Waals surface area contributed by atoms with Gasteiger partial charge in [0.05, 0.1) is 12.2 Å². The van der Waals surface area contributed by atoms with Crippen LogP contribution in [0.25, 0.3) is 0 Å². The molecule has 0 spiro atoms. The topological polar surface area (TPSA) is 49.3 Å². The minimum atomic E-state index is -0.561. The lowest BCUT2D eigenvalue weighted by Gasteiger charge is -2.29. The fourth-order valence-corrected chi connectivity index (χ4v) is 2.15. The zero-order chi connectivity index (χ0) is 14.5. The van der Waals surface area contributed by atoms with Crippen LogP contribution in [0.2, 0.25) is 0 Å². The molecule has 0 aliphatic carbocycles. The molecule has 106 valence electrons. The lowest BCUT2D eigenvalue weighted by molar-refractivity contribution is 0.0847. The van der Waals surface area contributed by atoms with Crippen LogP contribution in [0.4, 0.5) is 4.39 Å². The standard InChI is InChI=1S/C14H19BrFNO2/c1-3-14(4-2,9-18)8-17-13(19)11-6-5-10(15)7-12(11)16/h5-7,18H,3-4,8-9H2,1-2H3,(H,17,19). The lowest BCUT2D eigenvalue weighted by atomic mass is 9.83. The Morgan fingerprint density at radius 3 is 2.53 bits per heavy atom. The molecule has 0 aliphatic heterocycles. The lowest BCUT2D eigenvalue weighted by Crippen LogP contribution is -2.39. The number of rotatable bonds is 6. The summed E-state index contributed by atoms with van der Waals surface area (Å²) in [5.74, 6) is -1.01. The Hall–Kier alpha value is -0.940. The molecule has 19 heavy (non-hydrogen) atoms. The third kappa shape index (κ3) is 4.01. The first-order valence-electron chi connectivity index (χ1n) is 6.32. The maximum atomic E-state index is 13.6. The smallest absolute Gasteiger partial charge is 0.254 e. The molecule has 0 aliphatic rings. The van der Waals surface area contributed by atoms with Gasteiger partial charge in [0, 0.05) is 16.4 Å². The Labute approximate surface area is 121 Å². The van der Waals surface area contributed by atoms with Crippen molar-refractivity contribution in [3.63, 3.8) is 0 Å². The van der Waals surface area contributed by atoms with E-state index in [-0.39, 0.29) is 17.6 Å². The van der Waals surface area contributed by atoms with Crippen LogP contribution in [0, 0.1) is 11.2 Å². The summed E-state index contributed by atoms with van der Waals surface area (Å²) in [6.45, 7) is 4.27. The van der Waals surface area contributed by atoms with Gasteiger partial charge < -0.3 is 10.4 Å². The summed E-state index contributed by atoms with van der Waals surface area (Å²) in [5, 5.41) is 12.1. The van der Waals surface area contributed by atoms with Gasteiger partial charge in [-0.05, 0) is 31.0 Å². The largest absolute Gasteiger partial charge is 0.396 e. The van der Waals surface area contributed by atoms with Crippen molar-refractivity contribution in [2.45, 2.75) is 26.7 Å². The number of aliphatic hydroxyl groups is 1. The fourth-order valence-electron chi connectivity index (χ4n) is 1.82. The van der Waals surface area contributed by atoms with Gasteiger partial charge in [0.15, 0.2) is 0 Å². The Balaban J connectivity index is 2.75. The summed E-state index contributed by atoms with van der Waals surface area (Å²) >= 11 is 3.14. The van der Waals surface area contributed by atoms with Crippen LogP contribution in [0.15, 0.2) is 22.7 Å². The summed E-state index contributed by atoms with van der Waals surface area (Å²) < 4.78 is 14.2. The monoisotopic (exact) mass is 331 g/mol. The molecule has 0 aromatic heterocycles. The van der Waals surface area contributed by atoms with Crippen molar-refractivity contribution in [1.29, 1.82) is 0 Å². The number of hydrogen-bond acceptors (Lipinski definition) is 2. The highest BCUT2D eigenvalue weighted by atomic mass is 79.9. The van der Waals surface area contributed by atoms with Gasteiger partial charge in [-0.15, -0.1) is 0 Å². The first-order chi connectivity index (χ1) is 8.98. The van der Waals surface area contributed by atoms with Crippen LogP contribution in [0.3, 0.4) is 0 Å². The summed E-state index contributed by atoms with van der Waals surface area (Å²) in [5.41, 5.74) is -0.316. The highest BCUT2D eigenvalue weighted by Gasteiger charge is 2.26. The van der Waals surface area contributed by atoms with Crippen molar-refractivity contribution in [3.8, 4) is 0 Å². The van der Waals surface area contributed by atoms with E-state index in [1.807, 2.05) is 13.8 Å². The quantitative estimate of drug-likeness (QED) is 0.841. The molecule has 0 unspecified atom stereocenters. The van der Waals surface area contributed by atoms with E-state index in [4.69, 9.17) is 0 Å². The van der Waals surface area contributed by atoms with E-state index in [9.17, 15) is 14.3 Å². The summed E-state index contributed by atoms with van der Waals surface area (Å²) in [4.78, 5) is 11.9. The molecule has 5 heteroatoms. The van der Waals surface area contributed by atoms with E-state index in [0.717, 1.165) is 12.8 Å². The number of amides is 1. The SMILES string of the molecule is CCC(CC)(CO)CNC(=O)c1ccc(Br)cc1F. The van der Waals surface area contributed by atoms with Gasteiger partial charge in [0.1, 0.15) is 5.82 Å². The molecule has 0 heterocycles. The van der Waals surface area contributed by atoms with E-state index in [1.165, 1.54) is 12.1 Å². The number of halogens is 2. The molecule has 1 aromatic carbocycles. The molecule has 2 N–H and O–H groups in total. The van der Waals surface area contributed by atoms with Gasteiger partial charge >= 0.3 is 0 Å². The average molecular weight is 332 g/mol. The molecule has 0 atom stereocenters. The van der Waals surface area contributed by atoms with Gasteiger partial charge in [-0.2, -0.15) is 0 Å². The van der Waals surface area contributed by atoms with Crippen LogP contribution < -0.4 is 5.32 Å². The van der Waals surface area contributed by atoms with E-state index < -0.39 is 11.7 Å². The van der Waals surface area contributed by atoms with Crippen LogP contribution in [-0.2, 0) is 0 Å². The molecule has 1 amide bonds. The summed E-state index contributed by atoms with van der Waals surface area (Å²) in [7, 11) is 0. The minimum Gasteiger partial charge on any atom is -0.396 e. The summed E-state index contributed by atoms with van der Waals surface area (Å²) in [6.07, 6.45) is 1.51. The molecule has 1 rings (SSSR count). The highest BCUT2D eigenvalue weighted by molar-refractivity contribution is 9.10. The maximum absolute atomic E-state index is 13.6. The number of benzene rings is 1. The molecular formula is C14H19BrFNO2. The number of nitrogens with one attached hydrogen (secondary N) is 1. The van der Waals surface area contributed by atoms with E-state index >= 15 is 0 Å². The van der Waals surface area contributed by atoms with Crippen LogP contribution >= 0.6 is 15.9 Å². The van der Waals surface area contributed by atoms with E-state index in [2.05, 4.69) is 21.2 Å². The first-order valence-corrected chi connectivity index (χ1v) is 7.11. The van der Waals surface area contributed by atoms with Crippen molar-refractivity contribution in [1.82, 2.24) is 5.32 Å². The molecule has 0 fully saturated rings. The van der Waals surface area contributed by atoms with Gasteiger partial charge in [-0.1, -0.05) is 29.8 Å². The van der Waals surface area contributed by atoms with E-state index in [1.54, 1.807) is 6.07 Å². The number of hydrogen-bond donors (Lipinski definition) is 2. The van der Waals surface area contributed by atoms with Crippen molar-refractivity contribution < 1.29 is 14.3 Å². The van der Waals surface area contributed by atoms with E-state index in [0.29, 0.717) is 11.0 Å². The first kappa shape index (κ1) is 16.1. The Morgan fingerprint density at radius 1 is 1.42 bits per heavy atom. The third-order valence-corrected chi connectivity index (χ3v) is 4.13. The second-order valence-corrected chi connectivity index (χ2v) is 5.59. The average Bonchev–Trinajstić information content (AvgIpc) is 2.40. The molecule has 0 saturated carbocycles. The van der Waals surface area contributed by atoms with Crippen molar-refractivity contribution >= 4 is 21.8 Å². The number of aliphatic hydroxyl groups excluding tert-OH is 1. The number of carbonyl (C=O) groups is 1. The highest BCUT2D eigenvalue weighted by Crippen LogP contribution is 2.24. The van der Waals surface area contributed by atoms with Crippen LogP contribution in [0.5, 0.6) is 0 Å². The summed E-state index contributed by atoms with van der Waals surface area (Å²) in [6, 6.07) is 4.32. The Morgan fingerprint density at radius 2 is 2.05 bits per heavy atom. The second-order valence-electron chi connectivity index (χ2n) is 4.67. The van der Waals surface area contributed by atoms with Crippen molar-refractivity contribution in [2.24, 2.45) is 5.41 Å². The predicted octanol–water partition coefficient (Wildman–Crippen LogP) is 3.12. The minimum absolute atomic E-state index is 0.00308. The Bertz CT molecular complexity index is 439. The molecule has 1 aromatic rings. The van der Waals surface area contributed by atoms with Gasteiger partial charge in [-0.25, -0.2) is 4.39 Å². The predicted molar refractivity (Wildman–Crippen MR) is 76.5 cm³/mol.